The summed E-state index contributed by atoms with van der Waals surface area (Å²) in [6.45, 7) is 12.3. The number of ether oxygens (including phenoxy) is 2. The summed E-state index contributed by atoms with van der Waals surface area (Å²) in [5, 5.41) is 21.2. The monoisotopic (exact) mass is 658 g/mol. The zero-order valence-corrected chi connectivity index (χ0v) is 29.1. The van der Waals surface area contributed by atoms with Gasteiger partial charge in [0.15, 0.2) is 5.41 Å². The van der Waals surface area contributed by atoms with Gasteiger partial charge < -0.3 is 19.7 Å². The minimum atomic E-state index is -1.65. The molecule has 0 radical (unpaired) electrons. The second kappa shape index (κ2) is 15.7. The molecule has 3 unspecified atom stereocenters. The first-order valence-corrected chi connectivity index (χ1v) is 17.0. The first-order chi connectivity index (χ1) is 22.0. The number of nitrogens with zero attached hydrogens (tertiary/aromatic N) is 2. The topological polar surface area (TPSA) is 151 Å². The number of benzene rings is 1. The number of carbonyl (C=O) groups is 5. The van der Waals surface area contributed by atoms with Gasteiger partial charge in [-0.25, -0.2) is 4.79 Å². The molecule has 0 spiro atoms. The van der Waals surface area contributed by atoms with Crippen LogP contribution in [0.15, 0.2) is 30.3 Å². The standard InChI is InChI=1S/C36H54N2O9/c1-8-34(4,5)20-27(39)22-46-29(41)24-16-18-25(19-17-24)30(42)47-23-28(40)21-37-31(43)36(10-3,26-14-12-11-13-15-26)32(44)38(33(37)45)35(6,7)9-2/h11-15,24-25,27-28,39-40H,8-10,16-23H2,1-7H3. The lowest BCUT2D eigenvalue weighted by atomic mass is 9.73. The Kier molecular flexibility index (Phi) is 12.8. The highest BCUT2D eigenvalue weighted by Gasteiger charge is 2.60. The zero-order valence-electron chi connectivity index (χ0n) is 29.1. The van der Waals surface area contributed by atoms with Crippen LogP contribution < -0.4 is 0 Å². The number of carbonyl (C=O) groups excluding carboxylic acids is 5. The molecule has 3 atom stereocenters. The number of aliphatic hydroxyl groups is 2. The Bertz CT molecular complexity index is 1270. The van der Waals surface area contributed by atoms with E-state index in [1.54, 1.807) is 51.1 Å². The van der Waals surface area contributed by atoms with Gasteiger partial charge in [-0.15, -0.1) is 0 Å². The Morgan fingerprint density at radius 1 is 0.830 bits per heavy atom. The smallest absolute Gasteiger partial charge is 0.334 e. The molecule has 1 aromatic carbocycles. The molecule has 1 aromatic rings. The summed E-state index contributed by atoms with van der Waals surface area (Å²) < 4.78 is 10.8. The van der Waals surface area contributed by atoms with Crippen LogP contribution in [-0.4, -0.2) is 87.3 Å². The summed E-state index contributed by atoms with van der Waals surface area (Å²) in [5.41, 5.74) is -2.15. The van der Waals surface area contributed by atoms with E-state index in [0.29, 0.717) is 44.1 Å². The summed E-state index contributed by atoms with van der Waals surface area (Å²) in [7, 11) is 0. The van der Waals surface area contributed by atoms with Crippen LogP contribution in [-0.2, 0) is 34.1 Å². The lowest BCUT2D eigenvalue weighted by Gasteiger charge is -2.49. The predicted molar refractivity (Wildman–Crippen MR) is 175 cm³/mol. The molecule has 1 saturated heterocycles. The SMILES string of the molecule is CCC(C)(C)CC(O)COC(=O)C1CCC(C(=O)OCC(O)CN2C(=O)N(C(C)(C)CC)C(=O)C(CC)(c3ccccc3)C2=O)CC1. The van der Waals surface area contributed by atoms with Crippen molar-refractivity contribution in [3.05, 3.63) is 35.9 Å². The molecule has 1 saturated carbocycles. The number of β-amino-alcohol motifs (C(OH)–C–C–N with tert-alkyl or cyclic N) is 1. The number of esters is 2. The van der Waals surface area contributed by atoms with E-state index in [9.17, 15) is 34.2 Å². The van der Waals surface area contributed by atoms with Gasteiger partial charge in [0, 0.05) is 5.54 Å². The van der Waals surface area contributed by atoms with E-state index in [4.69, 9.17) is 9.47 Å². The number of hydrogen-bond acceptors (Lipinski definition) is 9. The minimum absolute atomic E-state index is 0.0513. The van der Waals surface area contributed by atoms with Gasteiger partial charge in [-0.05, 0) is 69.8 Å². The van der Waals surface area contributed by atoms with Crippen molar-refractivity contribution < 1.29 is 43.7 Å². The van der Waals surface area contributed by atoms with Gasteiger partial charge in [-0.2, -0.15) is 0 Å². The third-order valence-corrected chi connectivity index (χ3v) is 10.2. The highest BCUT2D eigenvalue weighted by Crippen LogP contribution is 2.40. The van der Waals surface area contributed by atoms with Gasteiger partial charge in [0.2, 0.25) is 0 Å². The Balaban J connectivity index is 1.60. The van der Waals surface area contributed by atoms with E-state index in [-0.39, 0.29) is 30.3 Å². The maximum Gasteiger partial charge on any atom is 0.334 e. The van der Waals surface area contributed by atoms with Crippen LogP contribution in [0.25, 0.3) is 0 Å². The van der Waals surface area contributed by atoms with Crippen molar-refractivity contribution in [3.8, 4) is 0 Å². The maximum absolute atomic E-state index is 14.0. The van der Waals surface area contributed by atoms with Crippen LogP contribution in [0.2, 0.25) is 0 Å². The van der Waals surface area contributed by atoms with Crippen LogP contribution in [0.3, 0.4) is 0 Å². The molecular weight excluding hydrogens is 604 g/mol. The van der Waals surface area contributed by atoms with E-state index < -0.39 is 66.0 Å². The molecule has 47 heavy (non-hydrogen) atoms. The Morgan fingerprint density at radius 2 is 1.34 bits per heavy atom. The minimum Gasteiger partial charge on any atom is -0.463 e. The zero-order chi connectivity index (χ0) is 35.2. The van der Waals surface area contributed by atoms with E-state index in [1.807, 2.05) is 13.8 Å². The second-order valence-electron chi connectivity index (χ2n) is 14.5. The predicted octanol–water partition coefficient (Wildman–Crippen LogP) is 4.75. The summed E-state index contributed by atoms with van der Waals surface area (Å²) in [4.78, 5) is 69.2. The van der Waals surface area contributed by atoms with Crippen molar-refractivity contribution in [2.45, 2.75) is 123 Å². The van der Waals surface area contributed by atoms with Crippen LogP contribution in [0.4, 0.5) is 4.79 Å². The molecule has 2 N–H and O–H groups in total. The molecule has 0 aromatic heterocycles. The van der Waals surface area contributed by atoms with Gasteiger partial charge in [0.25, 0.3) is 11.8 Å². The Labute approximate surface area is 279 Å². The molecule has 11 nitrogen and oxygen atoms in total. The normalized spacial score (nSPS) is 23.8. The highest BCUT2D eigenvalue weighted by molar-refractivity contribution is 6.23. The van der Waals surface area contributed by atoms with Gasteiger partial charge in [0.1, 0.15) is 19.3 Å². The number of imide groups is 2. The quantitative estimate of drug-likeness (QED) is 0.201. The van der Waals surface area contributed by atoms with Crippen LogP contribution in [0.1, 0.15) is 105 Å². The van der Waals surface area contributed by atoms with Crippen LogP contribution in [0, 0.1) is 17.3 Å². The van der Waals surface area contributed by atoms with Crippen LogP contribution >= 0.6 is 0 Å². The Hall–Kier alpha value is -3.31. The van der Waals surface area contributed by atoms with E-state index >= 15 is 0 Å². The highest BCUT2D eigenvalue weighted by atomic mass is 16.5. The average molecular weight is 659 g/mol. The van der Waals surface area contributed by atoms with Gasteiger partial charge >= 0.3 is 18.0 Å². The third kappa shape index (κ3) is 8.59. The lowest BCUT2D eigenvalue weighted by Crippen LogP contribution is -2.71. The molecule has 3 rings (SSSR count). The van der Waals surface area contributed by atoms with E-state index in [0.717, 1.165) is 16.2 Å². The number of amides is 4. The van der Waals surface area contributed by atoms with E-state index in [2.05, 4.69) is 13.8 Å². The van der Waals surface area contributed by atoms with Crippen molar-refractivity contribution in [2.75, 3.05) is 19.8 Å². The summed E-state index contributed by atoms with van der Waals surface area (Å²) >= 11 is 0. The molecule has 1 aliphatic heterocycles. The molecule has 0 bridgehead atoms. The fourth-order valence-corrected chi connectivity index (χ4v) is 6.40. The molecule has 2 fully saturated rings. The molecule has 1 aliphatic carbocycles. The summed E-state index contributed by atoms with van der Waals surface area (Å²) in [6, 6.07) is 7.80. The molecule has 4 amide bonds. The van der Waals surface area contributed by atoms with Gasteiger partial charge in [0.05, 0.1) is 24.5 Å². The van der Waals surface area contributed by atoms with Crippen molar-refractivity contribution >= 4 is 29.8 Å². The van der Waals surface area contributed by atoms with Crippen molar-refractivity contribution in [3.63, 3.8) is 0 Å². The molecule has 2 aliphatic rings. The first kappa shape index (κ1) is 38.1. The van der Waals surface area contributed by atoms with Crippen molar-refractivity contribution in [2.24, 2.45) is 17.3 Å². The molecule has 1 heterocycles. The number of barbiturate groups is 1. The van der Waals surface area contributed by atoms with Crippen molar-refractivity contribution in [1.29, 1.82) is 0 Å². The fraction of sp³-hybridized carbons (Fsp3) is 0.694. The van der Waals surface area contributed by atoms with E-state index in [1.165, 1.54) is 0 Å². The summed E-state index contributed by atoms with van der Waals surface area (Å²) in [5.74, 6) is -3.06. The number of aliphatic hydroxyl groups excluding tert-OH is 2. The number of hydrogen-bond donors (Lipinski definition) is 2. The maximum atomic E-state index is 14.0. The first-order valence-electron chi connectivity index (χ1n) is 17.0. The summed E-state index contributed by atoms with van der Waals surface area (Å²) in [6.07, 6.45) is 1.54. The lowest BCUT2D eigenvalue weighted by molar-refractivity contribution is -0.160. The number of rotatable bonds is 15. The average Bonchev–Trinajstić information content (AvgIpc) is 3.05. The fourth-order valence-electron chi connectivity index (χ4n) is 6.40. The van der Waals surface area contributed by atoms with Gasteiger partial charge in [-0.1, -0.05) is 71.4 Å². The van der Waals surface area contributed by atoms with Crippen molar-refractivity contribution in [1.82, 2.24) is 9.80 Å². The molecule has 262 valence electrons. The van der Waals surface area contributed by atoms with Gasteiger partial charge in [-0.3, -0.25) is 29.0 Å². The second-order valence-corrected chi connectivity index (χ2v) is 14.5. The molecule has 11 heteroatoms. The van der Waals surface area contributed by atoms with Crippen LogP contribution in [0.5, 0.6) is 0 Å². The largest absolute Gasteiger partial charge is 0.463 e. The molecular formula is C36H54N2O9. The number of urea groups is 1. The third-order valence-electron chi connectivity index (χ3n) is 10.2. The Morgan fingerprint density at radius 3 is 1.81 bits per heavy atom.